The molecule has 1 aliphatic rings. The fraction of sp³-hybridized carbons (Fsp3) is 0.800. The molecular weight excluding hydrogens is 238 g/mol. The van der Waals surface area contributed by atoms with E-state index in [1.807, 2.05) is 6.20 Å². The van der Waals surface area contributed by atoms with E-state index in [0.29, 0.717) is 16.7 Å². The van der Waals surface area contributed by atoms with Crippen LogP contribution in [0.25, 0.3) is 0 Å². The van der Waals surface area contributed by atoms with E-state index in [1.54, 1.807) is 7.11 Å². The number of ether oxygens (including phenoxy) is 1. The van der Waals surface area contributed by atoms with Gasteiger partial charge in [-0.15, -0.1) is 0 Å². The molecule has 1 fully saturated rings. The zero-order valence-electron chi connectivity index (χ0n) is 12.9. The summed E-state index contributed by atoms with van der Waals surface area (Å²) in [5.41, 5.74) is 0.842. The van der Waals surface area contributed by atoms with E-state index in [9.17, 15) is 0 Å². The molecule has 0 aliphatic heterocycles. The lowest BCUT2D eigenvalue weighted by Gasteiger charge is -2.10. The highest BCUT2D eigenvalue weighted by molar-refractivity contribution is 5.26. The van der Waals surface area contributed by atoms with Crippen LogP contribution in [0.1, 0.15) is 34.1 Å². The molecule has 1 aliphatic carbocycles. The first kappa shape index (κ1) is 14.4. The van der Waals surface area contributed by atoms with Gasteiger partial charge >= 0.3 is 0 Å². The first-order valence-corrected chi connectivity index (χ1v) is 7.15. The molecule has 0 spiro atoms. The highest BCUT2D eigenvalue weighted by Crippen LogP contribution is 2.68. The van der Waals surface area contributed by atoms with Crippen molar-refractivity contribution in [2.75, 3.05) is 25.6 Å². The van der Waals surface area contributed by atoms with Gasteiger partial charge in [-0.1, -0.05) is 27.7 Å². The zero-order valence-corrected chi connectivity index (χ0v) is 12.9. The number of methoxy groups -OCH3 is 1. The van der Waals surface area contributed by atoms with E-state index in [2.05, 4.69) is 48.8 Å². The second-order valence-electron chi connectivity index (χ2n) is 6.67. The number of hydrogen-bond donors (Lipinski definition) is 1. The lowest BCUT2D eigenvalue weighted by atomic mass is 10.0. The van der Waals surface area contributed by atoms with Crippen molar-refractivity contribution in [3.63, 3.8) is 0 Å². The molecule has 0 unspecified atom stereocenters. The number of anilines is 1. The van der Waals surface area contributed by atoms with Crippen molar-refractivity contribution in [2.45, 2.75) is 40.7 Å². The lowest BCUT2D eigenvalue weighted by molar-refractivity contribution is 0.197. The largest absolute Gasteiger partial charge is 0.385 e. The predicted molar refractivity (Wildman–Crippen MR) is 78.3 cm³/mol. The number of nitrogens with zero attached hydrogens (tertiary/aromatic N) is 2. The van der Waals surface area contributed by atoms with Crippen molar-refractivity contribution in [3.05, 3.63) is 12.4 Å². The molecule has 108 valence electrons. The summed E-state index contributed by atoms with van der Waals surface area (Å²) in [5, 5.41) is 3.39. The van der Waals surface area contributed by atoms with E-state index >= 15 is 0 Å². The summed E-state index contributed by atoms with van der Waals surface area (Å²) >= 11 is 0. The monoisotopic (exact) mass is 265 g/mol. The van der Waals surface area contributed by atoms with E-state index in [4.69, 9.17) is 4.74 Å². The van der Waals surface area contributed by atoms with Crippen molar-refractivity contribution < 1.29 is 4.74 Å². The maximum Gasteiger partial charge on any atom is 0.202 e. The van der Waals surface area contributed by atoms with Gasteiger partial charge in [0.2, 0.25) is 5.95 Å². The Hall–Kier alpha value is -1.03. The van der Waals surface area contributed by atoms with Crippen molar-refractivity contribution >= 4 is 5.95 Å². The molecule has 0 bridgehead atoms. The third-order valence-electron chi connectivity index (χ3n) is 5.22. The lowest BCUT2D eigenvalue weighted by Crippen LogP contribution is -2.12. The number of nitrogens with one attached hydrogen (secondary N) is 1. The van der Waals surface area contributed by atoms with Crippen LogP contribution < -0.4 is 5.32 Å². The molecular formula is C15H27N3O. The van der Waals surface area contributed by atoms with Crippen LogP contribution >= 0.6 is 0 Å². The second kappa shape index (κ2) is 5.16. The van der Waals surface area contributed by atoms with Crippen LogP contribution in [0.3, 0.4) is 0 Å². The molecule has 1 aromatic heterocycles. The third kappa shape index (κ3) is 2.64. The number of aromatic nitrogens is 2. The van der Waals surface area contributed by atoms with E-state index in [1.165, 1.54) is 0 Å². The highest BCUT2D eigenvalue weighted by atomic mass is 16.5. The van der Waals surface area contributed by atoms with Crippen molar-refractivity contribution in [1.29, 1.82) is 0 Å². The van der Waals surface area contributed by atoms with Gasteiger partial charge in [0, 0.05) is 39.2 Å². The van der Waals surface area contributed by atoms with Crippen LogP contribution in [0.2, 0.25) is 0 Å². The summed E-state index contributed by atoms with van der Waals surface area (Å²) in [6.45, 7) is 12.2. The van der Waals surface area contributed by atoms with Gasteiger partial charge in [0.25, 0.3) is 0 Å². The molecule has 1 heterocycles. The minimum absolute atomic E-state index is 0.421. The molecule has 1 N–H and O–H groups in total. The SMILES string of the molecule is COCCCNc1nccn1CC1C(C)(C)C1(C)C. The molecule has 0 aromatic carbocycles. The molecule has 0 atom stereocenters. The van der Waals surface area contributed by atoms with Crippen molar-refractivity contribution in [3.8, 4) is 0 Å². The Balaban J connectivity index is 1.90. The molecule has 0 amide bonds. The minimum Gasteiger partial charge on any atom is -0.385 e. The summed E-state index contributed by atoms with van der Waals surface area (Å²) in [6.07, 6.45) is 4.95. The zero-order chi connectivity index (χ0) is 14.1. The Morgan fingerprint density at radius 2 is 2.00 bits per heavy atom. The first-order chi connectivity index (χ1) is 8.91. The third-order valence-corrected chi connectivity index (χ3v) is 5.22. The molecule has 4 heteroatoms. The summed E-state index contributed by atoms with van der Waals surface area (Å²) in [4.78, 5) is 4.40. The normalized spacial score (nSPS) is 20.5. The van der Waals surface area contributed by atoms with Crippen molar-refractivity contribution in [2.24, 2.45) is 16.7 Å². The first-order valence-electron chi connectivity index (χ1n) is 7.15. The fourth-order valence-corrected chi connectivity index (χ4v) is 3.03. The smallest absolute Gasteiger partial charge is 0.202 e. The molecule has 2 rings (SSSR count). The Morgan fingerprint density at radius 1 is 1.32 bits per heavy atom. The van der Waals surface area contributed by atoms with Crippen LogP contribution in [0.4, 0.5) is 5.95 Å². The van der Waals surface area contributed by atoms with Gasteiger partial charge in [-0.05, 0) is 23.2 Å². The predicted octanol–water partition coefficient (Wildman–Crippen LogP) is 3.01. The standard InChI is InChI=1S/C15H27N3O/c1-14(2)12(15(14,3)4)11-18-9-8-17-13(18)16-7-6-10-19-5/h8-9,12H,6-7,10-11H2,1-5H3,(H,16,17). The average Bonchev–Trinajstić information content (AvgIpc) is 2.72. The van der Waals surface area contributed by atoms with Crippen LogP contribution in [-0.2, 0) is 11.3 Å². The number of hydrogen-bond acceptors (Lipinski definition) is 3. The van der Waals surface area contributed by atoms with Gasteiger partial charge in [-0.2, -0.15) is 0 Å². The fourth-order valence-electron chi connectivity index (χ4n) is 3.03. The minimum atomic E-state index is 0.421. The second-order valence-corrected chi connectivity index (χ2v) is 6.67. The summed E-state index contributed by atoms with van der Waals surface area (Å²) in [6, 6.07) is 0. The summed E-state index contributed by atoms with van der Waals surface area (Å²) < 4.78 is 7.30. The molecule has 0 saturated heterocycles. The van der Waals surface area contributed by atoms with Crippen LogP contribution in [0.5, 0.6) is 0 Å². The highest BCUT2D eigenvalue weighted by Gasteiger charge is 2.64. The summed E-state index contributed by atoms with van der Waals surface area (Å²) in [5.74, 6) is 1.70. The van der Waals surface area contributed by atoms with Crippen LogP contribution in [0.15, 0.2) is 12.4 Å². The Kier molecular flexibility index (Phi) is 3.90. The van der Waals surface area contributed by atoms with Gasteiger partial charge in [0.15, 0.2) is 0 Å². The molecule has 1 saturated carbocycles. The summed E-state index contributed by atoms with van der Waals surface area (Å²) in [7, 11) is 1.73. The van der Waals surface area contributed by atoms with E-state index in [0.717, 1.165) is 32.1 Å². The Bertz CT molecular complexity index is 409. The van der Waals surface area contributed by atoms with E-state index < -0.39 is 0 Å². The van der Waals surface area contributed by atoms with Gasteiger partial charge in [0.1, 0.15) is 0 Å². The van der Waals surface area contributed by atoms with Gasteiger partial charge in [-0.25, -0.2) is 4.98 Å². The van der Waals surface area contributed by atoms with Crippen LogP contribution in [0, 0.1) is 16.7 Å². The Labute approximate surface area is 116 Å². The Morgan fingerprint density at radius 3 is 2.58 bits per heavy atom. The molecule has 0 radical (unpaired) electrons. The maximum absolute atomic E-state index is 5.05. The van der Waals surface area contributed by atoms with E-state index in [-0.39, 0.29) is 0 Å². The number of rotatable bonds is 7. The quantitative estimate of drug-likeness (QED) is 0.770. The molecule has 4 nitrogen and oxygen atoms in total. The van der Waals surface area contributed by atoms with Gasteiger partial charge in [0.05, 0.1) is 0 Å². The van der Waals surface area contributed by atoms with Gasteiger partial charge in [-0.3, -0.25) is 0 Å². The maximum atomic E-state index is 5.05. The van der Waals surface area contributed by atoms with Gasteiger partial charge < -0.3 is 14.6 Å². The number of imidazole rings is 1. The van der Waals surface area contributed by atoms with Crippen molar-refractivity contribution in [1.82, 2.24) is 9.55 Å². The molecule has 19 heavy (non-hydrogen) atoms. The molecule has 1 aromatic rings. The van der Waals surface area contributed by atoms with Crippen LogP contribution in [-0.4, -0.2) is 29.8 Å². The topological polar surface area (TPSA) is 39.1 Å². The average molecular weight is 265 g/mol.